The highest BCUT2D eigenvalue weighted by molar-refractivity contribution is 7.99. The van der Waals surface area contributed by atoms with E-state index in [2.05, 4.69) is 32.4 Å². The number of carbonyl (C=O) groups is 1. The summed E-state index contributed by atoms with van der Waals surface area (Å²) in [5, 5.41) is 2.94. The van der Waals surface area contributed by atoms with E-state index in [0.717, 1.165) is 5.75 Å². The molecule has 1 N–H and O–H groups in total. The fraction of sp³-hybridized carbons (Fsp3) is 0.222. The summed E-state index contributed by atoms with van der Waals surface area (Å²) in [6.45, 7) is 1.17. The largest absolute Gasteiger partial charge is 0.354 e. The number of hydrogen-bond donors (Lipinski definition) is 1. The van der Waals surface area contributed by atoms with Crippen LogP contribution in [0.1, 0.15) is 5.56 Å². The van der Waals surface area contributed by atoms with Gasteiger partial charge in [0.15, 0.2) is 11.6 Å². The van der Waals surface area contributed by atoms with Gasteiger partial charge in [0.1, 0.15) is 0 Å². The molecule has 0 aliphatic rings. The highest BCUT2D eigenvalue weighted by atomic mass is 32.2. The van der Waals surface area contributed by atoms with Crippen LogP contribution in [-0.2, 0) is 17.1 Å². The average Bonchev–Trinajstić information content (AvgIpc) is 3.12. The van der Waals surface area contributed by atoms with Crippen LogP contribution in [0.4, 0.5) is 0 Å². The second kappa shape index (κ2) is 8.98. The summed E-state index contributed by atoms with van der Waals surface area (Å²) >= 11 is 1.61. The molecule has 0 aliphatic carbocycles. The Labute approximate surface area is 150 Å². The molecule has 0 spiro atoms. The molecule has 3 aromatic rings. The van der Waals surface area contributed by atoms with Crippen molar-refractivity contribution in [3.63, 3.8) is 0 Å². The number of nitrogens with zero attached hydrogens (tertiary/aromatic N) is 4. The topological polar surface area (TPSA) is 72.7 Å². The Morgan fingerprint density at radius 1 is 1.04 bits per heavy atom. The minimum atomic E-state index is 0.0403. The highest BCUT2D eigenvalue weighted by Gasteiger charge is 2.08. The summed E-state index contributed by atoms with van der Waals surface area (Å²) in [5.41, 5.74) is 1.23. The smallest absolute Gasteiger partial charge is 0.230 e. The number of imidazole rings is 1. The molecule has 0 fully saturated rings. The van der Waals surface area contributed by atoms with Gasteiger partial charge in [0.25, 0.3) is 0 Å². The van der Waals surface area contributed by atoms with Gasteiger partial charge in [-0.25, -0.2) is 15.0 Å². The van der Waals surface area contributed by atoms with Crippen molar-refractivity contribution in [3.05, 3.63) is 66.7 Å². The number of thioether (sulfide) groups is 1. The first-order valence-electron chi connectivity index (χ1n) is 8.00. The zero-order chi connectivity index (χ0) is 17.3. The van der Waals surface area contributed by atoms with Crippen molar-refractivity contribution in [3.8, 4) is 11.6 Å². The van der Waals surface area contributed by atoms with Crippen molar-refractivity contribution in [1.82, 2.24) is 24.8 Å². The molecule has 0 unspecified atom stereocenters. The van der Waals surface area contributed by atoms with Crippen LogP contribution in [0.15, 0.2) is 61.2 Å². The third kappa shape index (κ3) is 5.15. The Balaban J connectivity index is 1.41. The molecule has 3 rings (SSSR count). The number of carbonyl (C=O) groups excluding carboxylic acids is 1. The fourth-order valence-corrected chi connectivity index (χ4v) is 3.13. The molecule has 0 bridgehead atoms. The summed E-state index contributed by atoms with van der Waals surface area (Å²) in [6.07, 6.45) is 6.95. The van der Waals surface area contributed by atoms with Gasteiger partial charge in [-0.15, -0.1) is 11.8 Å². The van der Waals surface area contributed by atoms with Crippen molar-refractivity contribution in [2.45, 2.75) is 12.3 Å². The summed E-state index contributed by atoms with van der Waals surface area (Å²) in [4.78, 5) is 24.6. The van der Waals surface area contributed by atoms with Crippen molar-refractivity contribution in [2.24, 2.45) is 0 Å². The maximum atomic E-state index is 11.9. The first-order valence-corrected chi connectivity index (χ1v) is 9.15. The Hall–Kier alpha value is -2.67. The molecule has 0 radical (unpaired) electrons. The van der Waals surface area contributed by atoms with Crippen LogP contribution in [0.2, 0.25) is 0 Å². The Bertz CT molecular complexity index is 791. The van der Waals surface area contributed by atoms with Gasteiger partial charge in [0.2, 0.25) is 5.91 Å². The number of amides is 1. The van der Waals surface area contributed by atoms with Gasteiger partial charge in [-0.1, -0.05) is 30.3 Å². The maximum absolute atomic E-state index is 11.9. The van der Waals surface area contributed by atoms with Crippen LogP contribution in [-0.4, -0.2) is 37.7 Å². The van der Waals surface area contributed by atoms with Gasteiger partial charge in [0.05, 0.1) is 5.75 Å². The lowest BCUT2D eigenvalue weighted by atomic mass is 10.2. The normalized spacial score (nSPS) is 10.6. The Morgan fingerprint density at radius 2 is 1.84 bits per heavy atom. The third-order valence-electron chi connectivity index (χ3n) is 3.50. The first-order chi connectivity index (χ1) is 12.3. The summed E-state index contributed by atoms with van der Waals surface area (Å²) < 4.78 is 1.94. The highest BCUT2D eigenvalue weighted by Crippen LogP contribution is 2.12. The molecule has 1 amide bonds. The predicted octanol–water partition coefficient (Wildman–Crippen LogP) is 2.39. The lowest BCUT2D eigenvalue weighted by Crippen LogP contribution is -2.28. The molecule has 0 saturated carbocycles. The van der Waals surface area contributed by atoms with E-state index >= 15 is 0 Å². The molecule has 128 valence electrons. The Kier molecular flexibility index (Phi) is 6.17. The standard InChI is InChI=1S/C18H19N5OS/c24-16(14-25-13-15-5-2-1-3-6-15)19-9-11-23-12-10-22-18(23)17-20-7-4-8-21-17/h1-8,10,12H,9,11,13-14H2,(H,19,24). The van der Waals surface area contributed by atoms with E-state index in [0.29, 0.717) is 30.5 Å². The Morgan fingerprint density at radius 3 is 2.64 bits per heavy atom. The SMILES string of the molecule is O=C(CSCc1ccccc1)NCCn1ccnc1-c1ncccn1. The van der Waals surface area contributed by atoms with Crippen LogP contribution < -0.4 is 5.32 Å². The second-order valence-corrected chi connectivity index (χ2v) is 6.33. The predicted molar refractivity (Wildman–Crippen MR) is 98.9 cm³/mol. The van der Waals surface area contributed by atoms with Gasteiger partial charge in [-0.3, -0.25) is 4.79 Å². The van der Waals surface area contributed by atoms with Gasteiger partial charge in [-0.05, 0) is 11.6 Å². The van der Waals surface area contributed by atoms with E-state index in [9.17, 15) is 4.79 Å². The molecule has 6 nitrogen and oxygen atoms in total. The van der Waals surface area contributed by atoms with Crippen LogP contribution in [0, 0.1) is 0 Å². The molecule has 2 heterocycles. The molecule has 7 heteroatoms. The van der Waals surface area contributed by atoms with Gasteiger partial charge in [-0.2, -0.15) is 0 Å². The molecule has 2 aromatic heterocycles. The lowest BCUT2D eigenvalue weighted by Gasteiger charge is -2.08. The van der Waals surface area contributed by atoms with Crippen molar-refractivity contribution in [1.29, 1.82) is 0 Å². The molecular formula is C18H19N5OS. The number of hydrogen-bond acceptors (Lipinski definition) is 5. The molecule has 25 heavy (non-hydrogen) atoms. The molecule has 1 aromatic carbocycles. The zero-order valence-corrected chi connectivity index (χ0v) is 14.5. The molecule has 0 saturated heterocycles. The van der Waals surface area contributed by atoms with E-state index in [4.69, 9.17) is 0 Å². The molecular weight excluding hydrogens is 334 g/mol. The average molecular weight is 353 g/mol. The number of rotatable bonds is 8. The van der Waals surface area contributed by atoms with Gasteiger partial charge < -0.3 is 9.88 Å². The van der Waals surface area contributed by atoms with E-state index < -0.39 is 0 Å². The third-order valence-corrected chi connectivity index (χ3v) is 4.50. The number of benzene rings is 1. The van der Waals surface area contributed by atoms with E-state index in [-0.39, 0.29) is 5.91 Å². The molecule has 0 aliphatic heterocycles. The van der Waals surface area contributed by atoms with Crippen LogP contribution in [0.25, 0.3) is 11.6 Å². The van der Waals surface area contributed by atoms with Crippen LogP contribution >= 0.6 is 11.8 Å². The van der Waals surface area contributed by atoms with E-state index in [1.54, 1.807) is 36.4 Å². The van der Waals surface area contributed by atoms with E-state index in [1.807, 2.05) is 29.0 Å². The first kappa shape index (κ1) is 17.2. The monoisotopic (exact) mass is 353 g/mol. The van der Waals surface area contributed by atoms with Crippen LogP contribution in [0.3, 0.4) is 0 Å². The second-order valence-electron chi connectivity index (χ2n) is 5.34. The summed E-state index contributed by atoms with van der Waals surface area (Å²) in [6, 6.07) is 11.9. The minimum absolute atomic E-state index is 0.0403. The van der Waals surface area contributed by atoms with E-state index in [1.165, 1.54) is 5.56 Å². The van der Waals surface area contributed by atoms with Crippen molar-refractivity contribution < 1.29 is 4.79 Å². The number of aromatic nitrogens is 4. The minimum Gasteiger partial charge on any atom is -0.354 e. The van der Waals surface area contributed by atoms with Crippen molar-refractivity contribution >= 4 is 17.7 Å². The summed E-state index contributed by atoms with van der Waals surface area (Å²) in [5.74, 6) is 2.61. The lowest BCUT2D eigenvalue weighted by molar-refractivity contribution is -0.118. The summed E-state index contributed by atoms with van der Waals surface area (Å²) in [7, 11) is 0. The zero-order valence-electron chi connectivity index (χ0n) is 13.7. The maximum Gasteiger partial charge on any atom is 0.230 e. The quantitative estimate of drug-likeness (QED) is 0.673. The van der Waals surface area contributed by atoms with Crippen LogP contribution in [0.5, 0.6) is 0 Å². The van der Waals surface area contributed by atoms with Gasteiger partial charge >= 0.3 is 0 Å². The fourth-order valence-electron chi connectivity index (χ4n) is 2.31. The van der Waals surface area contributed by atoms with Gasteiger partial charge in [0, 0.05) is 43.6 Å². The molecule has 0 atom stereocenters. The number of nitrogens with one attached hydrogen (secondary N) is 1. The van der Waals surface area contributed by atoms with Crippen molar-refractivity contribution in [2.75, 3.05) is 12.3 Å².